The lowest BCUT2D eigenvalue weighted by atomic mass is 9.75. The third-order valence-corrected chi connectivity index (χ3v) is 4.35. The van der Waals surface area contributed by atoms with E-state index in [0.29, 0.717) is 12.6 Å². The highest BCUT2D eigenvalue weighted by molar-refractivity contribution is 5.78. The molecule has 0 spiro atoms. The van der Waals surface area contributed by atoms with Gasteiger partial charge in [-0.2, -0.15) is 0 Å². The highest BCUT2D eigenvalue weighted by Crippen LogP contribution is 2.50. The molecule has 0 aliphatic carbocycles. The third kappa shape index (κ3) is 2.13. The molecule has 1 aliphatic heterocycles. The van der Waals surface area contributed by atoms with E-state index in [1.54, 1.807) is 21.0 Å². The van der Waals surface area contributed by atoms with Gasteiger partial charge in [0, 0.05) is 29.8 Å². The minimum absolute atomic E-state index is 0.0754. The number of ether oxygens (including phenoxy) is 1. The van der Waals surface area contributed by atoms with Gasteiger partial charge in [-0.15, -0.1) is 0 Å². The number of benzene rings is 1. The average Bonchev–Trinajstić information content (AvgIpc) is 2.78. The quantitative estimate of drug-likeness (QED) is 0.918. The summed E-state index contributed by atoms with van der Waals surface area (Å²) in [4.78, 5) is 13.9. The summed E-state index contributed by atoms with van der Waals surface area (Å²) in [6, 6.07) is 6.25. The first-order valence-corrected chi connectivity index (χ1v) is 6.97. The molecule has 0 aromatic heterocycles. The van der Waals surface area contributed by atoms with Crippen molar-refractivity contribution >= 4 is 11.7 Å². The van der Waals surface area contributed by atoms with Crippen LogP contribution in [0, 0.1) is 5.41 Å². The fraction of sp³-hybridized carbons (Fsp3) is 0.562. The van der Waals surface area contributed by atoms with Crippen LogP contribution in [0.4, 0.5) is 5.69 Å². The Morgan fingerprint density at radius 3 is 2.60 bits per heavy atom. The van der Waals surface area contributed by atoms with Gasteiger partial charge in [0.1, 0.15) is 5.75 Å². The van der Waals surface area contributed by atoms with Crippen molar-refractivity contribution in [3.8, 4) is 5.75 Å². The second-order valence-corrected chi connectivity index (χ2v) is 6.22. The van der Waals surface area contributed by atoms with Crippen molar-refractivity contribution < 1.29 is 14.6 Å². The number of hydrogen-bond donors (Lipinski definition) is 1. The van der Waals surface area contributed by atoms with Crippen LogP contribution in [0.5, 0.6) is 5.75 Å². The van der Waals surface area contributed by atoms with Crippen LogP contribution < -0.4 is 9.64 Å². The lowest BCUT2D eigenvalue weighted by Gasteiger charge is -2.29. The number of anilines is 1. The summed E-state index contributed by atoms with van der Waals surface area (Å²) >= 11 is 0. The zero-order chi connectivity index (χ0) is 15.1. The summed E-state index contributed by atoms with van der Waals surface area (Å²) in [5, 5.41) is 9.56. The smallest absolute Gasteiger partial charge is 0.309 e. The fourth-order valence-electron chi connectivity index (χ4n) is 2.92. The summed E-state index contributed by atoms with van der Waals surface area (Å²) in [6.07, 6.45) is 0. The molecule has 20 heavy (non-hydrogen) atoms. The predicted octanol–water partition coefficient (Wildman–Crippen LogP) is 3.12. The van der Waals surface area contributed by atoms with Crippen molar-refractivity contribution in [2.75, 3.05) is 18.6 Å². The Bertz CT molecular complexity index is 522. The van der Waals surface area contributed by atoms with Crippen molar-refractivity contribution in [2.24, 2.45) is 5.41 Å². The zero-order valence-corrected chi connectivity index (χ0v) is 12.8. The summed E-state index contributed by atoms with van der Waals surface area (Å²) in [5.74, 6) is -0.0662. The third-order valence-electron chi connectivity index (χ3n) is 4.35. The minimum atomic E-state index is -0.826. The van der Waals surface area contributed by atoms with Gasteiger partial charge in [-0.3, -0.25) is 4.79 Å². The van der Waals surface area contributed by atoms with Gasteiger partial charge in [0.25, 0.3) is 0 Å². The lowest BCUT2D eigenvalue weighted by molar-refractivity contribution is -0.148. The molecule has 0 saturated heterocycles. The van der Waals surface area contributed by atoms with Crippen LogP contribution in [0.15, 0.2) is 18.2 Å². The number of nitrogens with zero attached hydrogens (tertiary/aromatic N) is 1. The van der Waals surface area contributed by atoms with E-state index in [0.717, 1.165) is 17.0 Å². The van der Waals surface area contributed by atoms with Crippen LogP contribution >= 0.6 is 0 Å². The van der Waals surface area contributed by atoms with E-state index in [-0.39, 0.29) is 5.92 Å². The fourth-order valence-corrected chi connectivity index (χ4v) is 2.92. The summed E-state index contributed by atoms with van der Waals surface area (Å²) in [5.41, 5.74) is 1.29. The lowest BCUT2D eigenvalue weighted by Crippen LogP contribution is -2.36. The molecule has 0 saturated carbocycles. The van der Waals surface area contributed by atoms with Gasteiger partial charge in [0.2, 0.25) is 0 Å². The van der Waals surface area contributed by atoms with Crippen LogP contribution in [0.25, 0.3) is 0 Å². The molecule has 0 fully saturated rings. The normalized spacial score (nSPS) is 18.3. The number of aliphatic carboxylic acids is 1. The van der Waals surface area contributed by atoms with Crippen molar-refractivity contribution in [2.45, 2.75) is 39.7 Å². The summed E-state index contributed by atoms with van der Waals surface area (Å²) in [6.45, 7) is 8.55. The molecule has 1 aromatic rings. The Balaban J connectivity index is 2.58. The van der Waals surface area contributed by atoms with E-state index in [9.17, 15) is 9.90 Å². The highest BCUT2D eigenvalue weighted by Gasteiger charge is 2.45. The second-order valence-electron chi connectivity index (χ2n) is 6.22. The molecule has 1 unspecified atom stereocenters. The minimum Gasteiger partial charge on any atom is -0.496 e. The monoisotopic (exact) mass is 277 g/mol. The van der Waals surface area contributed by atoms with E-state index in [4.69, 9.17) is 4.74 Å². The number of hydrogen-bond acceptors (Lipinski definition) is 3. The first-order valence-electron chi connectivity index (χ1n) is 6.97. The van der Waals surface area contributed by atoms with Crippen LogP contribution in [0.2, 0.25) is 0 Å². The first-order chi connectivity index (χ1) is 9.30. The predicted molar refractivity (Wildman–Crippen MR) is 79.6 cm³/mol. The molecular weight excluding hydrogens is 254 g/mol. The Morgan fingerprint density at radius 2 is 2.10 bits per heavy atom. The number of methoxy groups -OCH3 is 1. The van der Waals surface area contributed by atoms with Crippen LogP contribution in [0.1, 0.15) is 39.2 Å². The Labute approximate surface area is 120 Å². The molecule has 1 heterocycles. The molecule has 1 aromatic carbocycles. The SMILES string of the molecule is COc1cccc2c1C(C(C)(C)C(=O)O)CN2C(C)C. The second kappa shape index (κ2) is 5.00. The van der Waals surface area contributed by atoms with Crippen molar-refractivity contribution in [1.82, 2.24) is 0 Å². The maximum absolute atomic E-state index is 11.6. The molecular formula is C16H23NO3. The number of fused-ring (bicyclic) bond motifs is 1. The van der Waals surface area contributed by atoms with Crippen molar-refractivity contribution in [3.63, 3.8) is 0 Å². The highest BCUT2D eigenvalue weighted by atomic mass is 16.5. The van der Waals surface area contributed by atoms with Gasteiger partial charge >= 0.3 is 5.97 Å². The van der Waals surface area contributed by atoms with Crippen molar-refractivity contribution in [3.05, 3.63) is 23.8 Å². The molecule has 110 valence electrons. The van der Waals surface area contributed by atoms with E-state index >= 15 is 0 Å². The average molecular weight is 277 g/mol. The summed E-state index contributed by atoms with van der Waals surface area (Å²) in [7, 11) is 1.64. The standard InChI is InChI=1S/C16H23NO3/c1-10(2)17-9-11(16(3,4)15(18)19)14-12(17)7-6-8-13(14)20-5/h6-8,10-11H,9H2,1-5H3,(H,18,19). The first kappa shape index (κ1) is 14.7. The largest absolute Gasteiger partial charge is 0.496 e. The van der Waals surface area contributed by atoms with E-state index < -0.39 is 11.4 Å². The topological polar surface area (TPSA) is 49.8 Å². The van der Waals surface area contributed by atoms with E-state index in [1.807, 2.05) is 12.1 Å². The molecule has 1 aliphatic rings. The van der Waals surface area contributed by atoms with E-state index in [1.165, 1.54) is 0 Å². The molecule has 0 amide bonds. The number of carboxylic acids is 1. The zero-order valence-electron chi connectivity index (χ0n) is 12.8. The van der Waals surface area contributed by atoms with Gasteiger partial charge in [-0.25, -0.2) is 0 Å². The van der Waals surface area contributed by atoms with Crippen LogP contribution in [-0.2, 0) is 4.79 Å². The maximum atomic E-state index is 11.6. The Morgan fingerprint density at radius 1 is 1.45 bits per heavy atom. The maximum Gasteiger partial charge on any atom is 0.309 e. The van der Waals surface area contributed by atoms with Crippen LogP contribution in [0.3, 0.4) is 0 Å². The molecule has 0 radical (unpaired) electrons. The number of carbonyl (C=O) groups is 1. The molecule has 1 N–H and O–H groups in total. The molecule has 0 bridgehead atoms. The Kier molecular flexibility index (Phi) is 3.67. The summed E-state index contributed by atoms with van der Waals surface area (Å²) < 4.78 is 5.47. The Hall–Kier alpha value is -1.71. The molecule has 4 heteroatoms. The van der Waals surface area contributed by atoms with Gasteiger partial charge in [-0.1, -0.05) is 6.07 Å². The number of rotatable bonds is 4. The van der Waals surface area contributed by atoms with Crippen molar-refractivity contribution in [1.29, 1.82) is 0 Å². The molecule has 4 nitrogen and oxygen atoms in total. The van der Waals surface area contributed by atoms with Gasteiger partial charge in [0.15, 0.2) is 0 Å². The molecule has 1 atom stereocenters. The van der Waals surface area contributed by atoms with Gasteiger partial charge in [0.05, 0.1) is 12.5 Å². The molecule has 2 rings (SSSR count). The number of carboxylic acid groups (broad SMARTS) is 1. The van der Waals surface area contributed by atoms with Gasteiger partial charge in [-0.05, 0) is 39.8 Å². The van der Waals surface area contributed by atoms with Crippen LogP contribution in [-0.4, -0.2) is 30.8 Å². The van der Waals surface area contributed by atoms with Gasteiger partial charge < -0.3 is 14.7 Å². The van der Waals surface area contributed by atoms with E-state index in [2.05, 4.69) is 24.8 Å².